The van der Waals surface area contributed by atoms with Crippen LogP contribution in [0.5, 0.6) is 5.75 Å². The Morgan fingerprint density at radius 2 is 1.94 bits per heavy atom. The minimum absolute atomic E-state index is 0.0147. The largest absolute Gasteiger partial charge is 0.507 e. The highest BCUT2D eigenvalue weighted by atomic mass is 19.1. The molecule has 2 N–H and O–H groups in total. The van der Waals surface area contributed by atoms with E-state index in [9.17, 15) is 14.7 Å². The maximum absolute atomic E-state index is 16.3. The number of nitrogens with zero attached hydrogens (tertiary/aromatic N) is 5. The van der Waals surface area contributed by atoms with Crippen molar-refractivity contribution < 1.29 is 23.5 Å². The fourth-order valence-corrected chi connectivity index (χ4v) is 6.72. The Hall–Kier alpha value is -4.97. The normalized spacial score (nSPS) is 16.4. The van der Waals surface area contributed by atoms with E-state index < -0.39 is 46.0 Å². The van der Waals surface area contributed by atoms with Crippen LogP contribution in [0.3, 0.4) is 0 Å². The lowest BCUT2D eigenvalue weighted by atomic mass is 9.81. The number of aryl methyl sites for hydroxylation is 1. The zero-order valence-electron chi connectivity index (χ0n) is 28.7. The lowest BCUT2D eigenvalue weighted by Crippen LogP contribution is -2.44. The van der Waals surface area contributed by atoms with Crippen molar-refractivity contribution in [2.45, 2.75) is 58.4 Å². The third-order valence-electron chi connectivity index (χ3n) is 9.11. The highest BCUT2D eigenvalue weighted by molar-refractivity contribution is 6.01. The summed E-state index contributed by atoms with van der Waals surface area (Å²) in [5, 5.41) is 13.7. The number of halogens is 2. The first-order valence-corrected chi connectivity index (χ1v) is 16.4. The molecule has 5 rings (SSSR count). The summed E-state index contributed by atoms with van der Waals surface area (Å²) in [5.74, 6) is -3.84. The zero-order valence-corrected chi connectivity index (χ0v) is 28.7. The zero-order chi connectivity index (χ0) is 35.7. The Bertz CT molecular complexity index is 1990. The molecule has 0 spiro atoms. The number of nitrogens with one attached hydrogen (secondary N) is 1. The second kappa shape index (κ2) is 14.3. The SMILES string of the molecule is C=CC(=O)N1CCC(c2c(C(=O)NCCN(C)C)c(=O)n(-c3c(C)ccnc3C(C)C)c3nc(-c4c(O)cccc4F)c(F)cc23)C[C@H]1C. The monoisotopic (exact) mass is 672 g/mol. The van der Waals surface area contributed by atoms with E-state index in [0.29, 0.717) is 48.4 Å². The number of piperidine rings is 1. The van der Waals surface area contributed by atoms with Crippen LogP contribution in [0.1, 0.15) is 72.6 Å². The molecule has 1 unspecified atom stereocenters. The summed E-state index contributed by atoms with van der Waals surface area (Å²) >= 11 is 0. The first-order valence-electron chi connectivity index (χ1n) is 16.4. The standard InChI is InChI=1S/C37H42F2N6O4/c1-8-28(47)44-16-13-23(18-22(44)5)29-24-19-26(39)33(30-25(38)10-9-11-27(30)46)42-35(24)45(34-21(4)12-14-40-32(34)20(2)3)37(49)31(29)36(48)41-15-17-43(6)7/h8-12,14,19-20,22-23,46H,1,13,15-18H2,2-7H3,(H,41,48)/t22-,23?/m1/s1. The van der Waals surface area contributed by atoms with Gasteiger partial charge in [-0.1, -0.05) is 26.5 Å². The molecule has 3 aromatic heterocycles. The van der Waals surface area contributed by atoms with Gasteiger partial charge in [-0.05, 0) is 94.1 Å². The molecule has 4 aromatic rings. The van der Waals surface area contributed by atoms with Gasteiger partial charge in [0.05, 0.1) is 16.9 Å². The minimum Gasteiger partial charge on any atom is -0.507 e. The molecule has 0 bridgehead atoms. The predicted octanol–water partition coefficient (Wildman–Crippen LogP) is 5.44. The molecule has 1 aromatic carbocycles. The molecule has 2 atom stereocenters. The Morgan fingerprint density at radius 3 is 2.57 bits per heavy atom. The van der Waals surface area contributed by atoms with E-state index in [2.05, 4.69) is 21.9 Å². The molecule has 0 saturated carbocycles. The number of carbonyl (C=O) groups excluding carboxylic acids is 2. The summed E-state index contributed by atoms with van der Waals surface area (Å²) in [6.07, 6.45) is 3.62. The summed E-state index contributed by atoms with van der Waals surface area (Å²) < 4.78 is 32.8. The van der Waals surface area contributed by atoms with Gasteiger partial charge in [-0.2, -0.15) is 0 Å². The molecule has 12 heteroatoms. The number of benzene rings is 1. The van der Waals surface area contributed by atoms with Crippen LogP contribution in [-0.4, -0.2) is 81.0 Å². The van der Waals surface area contributed by atoms with Crippen molar-refractivity contribution in [3.05, 3.63) is 93.6 Å². The van der Waals surface area contributed by atoms with Crippen LogP contribution >= 0.6 is 0 Å². The summed E-state index contributed by atoms with van der Waals surface area (Å²) in [6.45, 7) is 12.2. The molecular formula is C37H42F2N6O4. The van der Waals surface area contributed by atoms with Crippen molar-refractivity contribution in [1.82, 2.24) is 29.7 Å². The number of aromatic nitrogens is 3. The van der Waals surface area contributed by atoms with Gasteiger partial charge in [-0.25, -0.2) is 13.8 Å². The maximum atomic E-state index is 16.3. The average molecular weight is 673 g/mol. The number of phenols is 1. The smallest absolute Gasteiger partial charge is 0.270 e. The van der Waals surface area contributed by atoms with Crippen LogP contribution in [0, 0.1) is 18.6 Å². The summed E-state index contributed by atoms with van der Waals surface area (Å²) in [5.41, 5.74) is 0.0715. The van der Waals surface area contributed by atoms with E-state index in [1.807, 2.05) is 39.8 Å². The molecule has 2 amide bonds. The van der Waals surface area contributed by atoms with Gasteiger partial charge in [-0.3, -0.25) is 23.9 Å². The number of hydrogen-bond donors (Lipinski definition) is 2. The quantitative estimate of drug-likeness (QED) is 0.228. The summed E-state index contributed by atoms with van der Waals surface area (Å²) in [6, 6.07) is 6.21. The first kappa shape index (κ1) is 35.3. The number of hydrogen-bond acceptors (Lipinski definition) is 7. The Balaban J connectivity index is 1.92. The second-order valence-corrected chi connectivity index (χ2v) is 13.1. The Kier molecular flexibility index (Phi) is 10.3. The van der Waals surface area contributed by atoms with Gasteiger partial charge < -0.3 is 20.2 Å². The van der Waals surface area contributed by atoms with Crippen LogP contribution in [-0.2, 0) is 4.79 Å². The van der Waals surface area contributed by atoms with Gasteiger partial charge in [0.25, 0.3) is 11.5 Å². The number of aromatic hydroxyl groups is 1. The van der Waals surface area contributed by atoms with Gasteiger partial charge in [0, 0.05) is 37.3 Å². The second-order valence-electron chi connectivity index (χ2n) is 13.1. The topological polar surface area (TPSA) is 121 Å². The van der Waals surface area contributed by atoms with Gasteiger partial charge in [0.15, 0.2) is 5.82 Å². The average Bonchev–Trinajstić information content (AvgIpc) is 3.04. The lowest BCUT2D eigenvalue weighted by Gasteiger charge is -2.38. The Morgan fingerprint density at radius 1 is 1.20 bits per heavy atom. The van der Waals surface area contributed by atoms with Crippen molar-refractivity contribution >= 4 is 22.8 Å². The van der Waals surface area contributed by atoms with Gasteiger partial charge in [0.1, 0.15) is 28.5 Å². The third-order valence-corrected chi connectivity index (χ3v) is 9.11. The van der Waals surface area contributed by atoms with Crippen molar-refractivity contribution in [2.24, 2.45) is 0 Å². The molecule has 1 aliphatic heterocycles. The maximum Gasteiger partial charge on any atom is 0.270 e. The molecule has 10 nitrogen and oxygen atoms in total. The highest BCUT2D eigenvalue weighted by Crippen LogP contribution is 2.40. The van der Waals surface area contributed by atoms with Crippen LogP contribution < -0.4 is 10.9 Å². The molecule has 258 valence electrons. The number of fused-ring (bicyclic) bond motifs is 1. The van der Waals surface area contributed by atoms with Crippen molar-refractivity contribution in [2.75, 3.05) is 33.7 Å². The number of phenolic OH excluding ortho intramolecular Hbond substituents is 1. The molecule has 1 fully saturated rings. The first-order chi connectivity index (χ1) is 23.3. The number of likely N-dealkylation sites (N-methyl/N-ethyl adjacent to an activating group) is 1. The number of likely N-dealkylation sites (tertiary alicyclic amines) is 1. The fraction of sp³-hybridized carbons (Fsp3) is 0.378. The van der Waals surface area contributed by atoms with Crippen LogP contribution in [0.4, 0.5) is 8.78 Å². The molecule has 49 heavy (non-hydrogen) atoms. The highest BCUT2D eigenvalue weighted by Gasteiger charge is 2.36. The van der Waals surface area contributed by atoms with E-state index >= 15 is 13.6 Å². The summed E-state index contributed by atoms with van der Waals surface area (Å²) in [4.78, 5) is 54.5. The number of carbonyl (C=O) groups is 2. The molecular weight excluding hydrogens is 630 g/mol. The molecule has 0 radical (unpaired) electrons. The van der Waals surface area contributed by atoms with E-state index in [1.54, 1.807) is 24.1 Å². The van der Waals surface area contributed by atoms with E-state index in [1.165, 1.54) is 22.8 Å². The van der Waals surface area contributed by atoms with Crippen LogP contribution in [0.15, 0.2) is 54.0 Å². The van der Waals surface area contributed by atoms with Gasteiger partial charge in [0.2, 0.25) is 5.91 Å². The summed E-state index contributed by atoms with van der Waals surface area (Å²) in [7, 11) is 3.72. The number of pyridine rings is 3. The third kappa shape index (κ3) is 6.69. The van der Waals surface area contributed by atoms with Crippen LogP contribution in [0.25, 0.3) is 28.0 Å². The molecule has 1 aliphatic rings. The van der Waals surface area contributed by atoms with E-state index in [-0.39, 0.29) is 41.0 Å². The van der Waals surface area contributed by atoms with E-state index in [4.69, 9.17) is 0 Å². The van der Waals surface area contributed by atoms with Crippen LogP contribution in [0.2, 0.25) is 0 Å². The van der Waals surface area contributed by atoms with Crippen molar-refractivity contribution in [1.29, 1.82) is 0 Å². The Labute approximate surface area is 284 Å². The molecule has 1 saturated heterocycles. The van der Waals surface area contributed by atoms with Gasteiger partial charge in [-0.15, -0.1) is 0 Å². The van der Waals surface area contributed by atoms with E-state index in [0.717, 1.165) is 12.1 Å². The molecule has 0 aliphatic carbocycles. The van der Waals surface area contributed by atoms with Crippen molar-refractivity contribution in [3.8, 4) is 22.7 Å². The lowest BCUT2D eigenvalue weighted by molar-refractivity contribution is -0.129. The molecule has 4 heterocycles. The van der Waals surface area contributed by atoms with Crippen molar-refractivity contribution in [3.63, 3.8) is 0 Å². The fourth-order valence-electron chi connectivity index (χ4n) is 6.72. The number of rotatable bonds is 9. The number of amides is 2. The predicted molar refractivity (Wildman–Crippen MR) is 185 cm³/mol. The van der Waals surface area contributed by atoms with Gasteiger partial charge >= 0.3 is 0 Å². The minimum atomic E-state index is -0.947.